The fraction of sp³-hybridized carbons (Fsp3) is 0.846. The predicted molar refractivity (Wildman–Crippen MR) is 450 cm³/mol. The van der Waals surface area contributed by atoms with Crippen molar-refractivity contribution in [3.05, 3.63) is 25.3 Å². The standard InChI is InChI=1S/C26H65NO7Si6.C14H28N2O5.2C14H21NO4.C10H17NO/c1-17-27-25(28)30-24-26(23-29-2,20-22-40(16,33-37(9,10)11)34-38(12,13)14)19-18-21-39(15,31-35(3,4)5)32-36(6,7)8;1-3-15-13(17)20-11-7-5-9-19-10-6-8-12-21-14(18)16-4-2;2*1-2-13(16)18-5-6-19-14(17)15-9-12-8-10-3-4-11(12)7-10;1-7(12)11-6-10-5-8-2-3-9(10)4-8/h17-24H2,1-16H3,(H,27,28);3-12H2,1-2H3,(H,15,17)(H,16,18);2*2,10-12H,1,3-9H2,(H,15,17);8-10H,2-6H2,1H3,(H,11,12). The van der Waals surface area contributed by atoms with Crippen LogP contribution in [0.2, 0.25) is 104 Å². The van der Waals surface area contributed by atoms with Crippen LogP contribution in [-0.4, -0.2) is 211 Å². The Morgan fingerprint density at radius 1 is 0.378 bits per heavy atom. The van der Waals surface area contributed by atoms with Gasteiger partial charge in [0, 0.05) is 84.1 Å². The zero-order valence-corrected chi connectivity index (χ0v) is 78.0. The van der Waals surface area contributed by atoms with Gasteiger partial charge in [-0.05, 0) is 274 Å². The van der Waals surface area contributed by atoms with Crippen molar-refractivity contribution >= 4 is 98.7 Å². The van der Waals surface area contributed by atoms with Crippen molar-refractivity contribution in [1.82, 2.24) is 31.9 Å². The van der Waals surface area contributed by atoms with E-state index in [2.05, 4.69) is 137 Å². The number of carbonyl (C=O) groups is 8. The first-order chi connectivity index (χ1) is 52.1. The van der Waals surface area contributed by atoms with Gasteiger partial charge in [-0.15, -0.1) is 0 Å². The van der Waals surface area contributed by atoms with Gasteiger partial charge in [-0.3, -0.25) is 4.79 Å². The number of rotatable bonds is 46. The van der Waals surface area contributed by atoms with E-state index in [9.17, 15) is 38.4 Å². The summed E-state index contributed by atoms with van der Waals surface area (Å²) in [6, 6.07) is 1.73. The second-order valence-electron chi connectivity index (χ2n) is 34.9. The van der Waals surface area contributed by atoms with E-state index in [0.717, 1.165) is 117 Å². The summed E-state index contributed by atoms with van der Waals surface area (Å²) in [4.78, 5) is 89.3. The van der Waals surface area contributed by atoms with Gasteiger partial charge in [-0.1, -0.05) is 38.8 Å². The monoisotopic (exact) mass is 1680 g/mol. The molecule has 10 unspecified atom stereocenters. The van der Waals surface area contributed by atoms with Gasteiger partial charge in [-0.2, -0.15) is 0 Å². The second-order valence-corrected chi connectivity index (χ2v) is 60.6. The minimum atomic E-state index is -2.49. The number of alkyl carbamates (subject to hydrolysis) is 5. The van der Waals surface area contributed by atoms with Gasteiger partial charge >= 0.3 is 59.5 Å². The Morgan fingerprint density at radius 2 is 0.703 bits per heavy atom. The van der Waals surface area contributed by atoms with Crippen molar-refractivity contribution in [2.75, 3.05) is 112 Å². The topological polar surface area (TPSA) is 329 Å². The van der Waals surface area contributed by atoms with Crippen LogP contribution in [0.5, 0.6) is 0 Å². The van der Waals surface area contributed by atoms with E-state index in [-0.39, 0.29) is 56.0 Å². The van der Waals surface area contributed by atoms with Gasteiger partial charge < -0.3 is 91.0 Å². The van der Waals surface area contributed by atoms with Gasteiger partial charge in [0.1, 0.15) is 33.0 Å². The Bertz CT molecular complexity index is 2620. The molecule has 33 heteroatoms. The highest BCUT2D eigenvalue weighted by Crippen LogP contribution is 2.50. The van der Waals surface area contributed by atoms with Crippen molar-refractivity contribution in [3.63, 3.8) is 0 Å². The molecule has 0 radical (unpaired) electrons. The van der Waals surface area contributed by atoms with Crippen molar-refractivity contribution in [1.29, 1.82) is 0 Å². The van der Waals surface area contributed by atoms with Crippen molar-refractivity contribution in [3.8, 4) is 0 Å². The lowest BCUT2D eigenvalue weighted by atomic mass is 9.82. The molecule has 6 N–H and O–H groups in total. The van der Waals surface area contributed by atoms with Crippen LogP contribution in [0.1, 0.15) is 150 Å². The van der Waals surface area contributed by atoms with Gasteiger partial charge in [0.2, 0.25) is 5.91 Å². The summed E-state index contributed by atoms with van der Waals surface area (Å²) >= 11 is 0. The minimum absolute atomic E-state index is 0.0619. The maximum absolute atomic E-state index is 12.4. The molecule has 6 bridgehead atoms. The Balaban J connectivity index is 0.000000499. The largest absolute Gasteiger partial charge is 0.459 e. The van der Waals surface area contributed by atoms with Gasteiger partial charge in [0.25, 0.3) is 0 Å². The first kappa shape index (κ1) is 102. The molecule has 6 aliphatic rings. The first-order valence-electron chi connectivity index (χ1n) is 41.3. The molecule has 0 aromatic rings. The van der Waals surface area contributed by atoms with Gasteiger partial charge in [-0.25, -0.2) is 33.6 Å². The molecule has 6 saturated carbocycles. The molecule has 10 atom stereocenters. The number of carbonyl (C=O) groups excluding carboxylic acids is 8. The Labute approximate surface area is 674 Å². The molecule has 27 nitrogen and oxygen atoms in total. The molecule has 0 aliphatic heterocycles. The molecule has 0 aromatic heterocycles. The Morgan fingerprint density at radius 3 is 1.02 bits per heavy atom. The van der Waals surface area contributed by atoms with Crippen LogP contribution in [0.15, 0.2) is 25.3 Å². The second kappa shape index (κ2) is 53.5. The molecular formula is C78H152N6O21Si6. The van der Waals surface area contributed by atoms with Crippen molar-refractivity contribution < 1.29 is 97.4 Å². The highest BCUT2D eigenvalue weighted by Gasteiger charge is 2.46. The van der Waals surface area contributed by atoms with Crippen LogP contribution < -0.4 is 31.9 Å². The quantitative estimate of drug-likeness (QED) is 0.0108. The fourth-order valence-electron chi connectivity index (χ4n) is 16.1. The average molecular weight is 1680 g/mol. The SMILES string of the molecule is C=CC(=O)OCCOC(=O)NCC1CC2CCC1C2.C=CC(=O)OCCOC(=O)NCC1CC2CCC1C2.CC(=O)NCC1CC2CCC1C2.CCNC(=O)OCC(CCC[Si](C)(O[Si](C)(C)C)O[Si](C)(C)C)(CC[Si](C)(O[Si](C)(C)C)O[Si](C)(C)C)COC.CCNC(=O)OCCCCOCCCCOC(=O)NCC. The lowest BCUT2D eigenvalue weighted by molar-refractivity contribution is -0.139. The molecule has 6 aliphatic carbocycles. The highest BCUT2D eigenvalue weighted by molar-refractivity contribution is 6.88. The summed E-state index contributed by atoms with van der Waals surface area (Å²) < 4.78 is 73.3. The normalized spacial score (nSPS) is 21.2. The number of unbranched alkanes of at least 4 members (excludes halogenated alkanes) is 2. The van der Waals surface area contributed by atoms with Crippen LogP contribution in [-0.2, 0) is 73.5 Å². The van der Waals surface area contributed by atoms with Crippen LogP contribution in [0, 0.1) is 58.7 Å². The minimum Gasteiger partial charge on any atom is -0.459 e. The Kier molecular flexibility index (Phi) is 49.4. The zero-order valence-electron chi connectivity index (χ0n) is 72.0. The molecule has 0 heterocycles. The number of ether oxygens (including phenoxy) is 9. The maximum atomic E-state index is 12.4. The molecule has 0 spiro atoms. The van der Waals surface area contributed by atoms with Crippen LogP contribution in [0.25, 0.3) is 0 Å². The van der Waals surface area contributed by atoms with E-state index in [1.54, 1.807) is 14.0 Å². The smallest absolute Gasteiger partial charge is 0.407 e. The Hall–Kier alpha value is -4.70. The molecular weight excluding hydrogens is 1530 g/mol. The molecule has 0 aromatic carbocycles. The van der Waals surface area contributed by atoms with E-state index in [1.165, 1.54) is 77.0 Å². The fourth-order valence-corrected chi connectivity index (χ4v) is 41.3. The zero-order chi connectivity index (χ0) is 83.3. The lowest BCUT2D eigenvalue weighted by Crippen LogP contribution is -2.53. The average Bonchev–Trinajstić information content (AvgIpc) is 1.35. The van der Waals surface area contributed by atoms with E-state index < -0.39 is 74.5 Å². The molecule has 0 saturated heterocycles. The summed E-state index contributed by atoms with van der Waals surface area (Å²) in [7, 11) is -10.4. The maximum Gasteiger partial charge on any atom is 0.407 e. The van der Waals surface area contributed by atoms with Crippen molar-refractivity contribution in [2.45, 2.75) is 253 Å². The summed E-state index contributed by atoms with van der Waals surface area (Å²) in [5.74, 6) is 6.41. The van der Waals surface area contributed by atoms with Crippen molar-refractivity contribution in [2.24, 2.45) is 58.7 Å². The first-order valence-corrected chi connectivity index (χ1v) is 60.0. The molecule has 6 amide bonds. The molecule has 6 rings (SSSR count). The molecule has 6 fully saturated rings. The van der Waals surface area contributed by atoms with E-state index in [1.807, 2.05) is 20.8 Å². The van der Waals surface area contributed by atoms with E-state index >= 15 is 0 Å². The summed E-state index contributed by atoms with van der Waals surface area (Å²) in [5, 5.41) is 16.4. The summed E-state index contributed by atoms with van der Waals surface area (Å²) in [6.45, 7) is 52.2. The number of methoxy groups -OCH3 is 1. The number of hydrogen-bond acceptors (Lipinski definition) is 21. The van der Waals surface area contributed by atoms with Gasteiger partial charge in [0.15, 0.2) is 33.3 Å². The summed E-state index contributed by atoms with van der Waals surface area (Å²) in [5.41, 5.74) is -0.354. The molecule has 111 heavy (non-hydrogen) atoms. The van der Waals surface area contributed by atoms with E-state index in [0.29, 0.717) is 84.2 Å². The number of fused-ring (bicyclic) bond motifs is 6. The van der Waals surface area contributed by atoms with Crippen LogP contribution >= 0.6 is 0 Å². The summed E-state index contributed by atoms with van der Waals surface area (Å²) in [6.07, 6.45) is 22.2. The predicted octanol–water partition coefficient (Wildman–Crippen LogP) is 15.5. The number of amides is 6. The third kappa shape index (κ3) is 49.1. The third-order valence-corrected chi connectivity index (χ3v) is 39.2. The molecule has 644 valence electrons. The van der Waals surface area contributed by atoms with E-state index in [4.69, 9.17) is 59.1 Å². The van der Waals surface area contributed by atoms with Crippen LogP contribution in [0.3, 0.4) is 0 Å². The number of hydrogen-bond donors (Lipinski definition) is 6. The van der Waals surface area contributed by atoms with Gasteiger partial charge in [0.05, 0.1) is 19.8 Å². The van der Waals surface area contributed by atoms with Crippen LogP contribution in [0.4, 0.5) is 24.0 Å². The lowest BCUT2D eigenvalue weighted by Gasteiger charge is -2.42. The number of nitrogens with one attached hydrogen (secondary N) is 6. The highest BCUT2D eigenvalue weighted by atomic mass is 28.5. The number of esters is 2. The third-order valence-electron chi connectivity index (χ3n) is 20.0.